The van der Waals surface area contributed by atoms with Crippen molar-refractivity contribution in [1.82, 2.24) is 10.5 Å². The molecule has 1 aromatic rings. The molecule has 1 aromatic heterocycles. The van der Waals surface area contributed by atoms with E-state index >= 15 is 0 Å². The molecule has 0 spiro atoms. The lowest BCUT2D eigenvalue weighted by Crippen LogP contribution is -2.43. The van der Waals surface area contributed by atoms with Gasteiger partial charge in [-0.05, 0) is 30.1 Å². The van der Waals surface area contributed by atoms with Gasteiger partial charge in [0.1, 0.15) is 0 Å². The van der Waals surface area contributed by atoms with E-state index in [4.69, 9.17) is 9.63 Å². The zero-order valence-electron chi connectivity index (χ0n) is 12.7. The van der Waals surface area contributed by atoms with Crippen molar-refractivity contribution in [3.8, 4) is 0 Å². The van der Waals surface area contributed by atoms with Gasteiger partial charge < -0.3 is 14.9 Å². The van der Waals surface area contributed by atoms with E-state index in [0.717, 1.165) is 12.8 Å². The summed E-state index contributed by atoms with van der Waals surface area (Å²) in [5.41, 5.74) is 0.617. The van der Waals surface area contributed by atoms with Gasteiger partial charge in [-0.1, -0.05) is 32.9 Å². The Morgan fingerprint density at radius 2 is 2.00 bits per heavy atom. The molecule has 0 aliphatic heterocycles. The Bertz CT molecular complexity index is 475. The summed E-state index contributed by atoms with van der Waals surface area (Å²) in [4.78, 5) is 10.7. The van der Waals surface area contributed by atoms with Crippen molar-refractivity contribution < 1.29 is 14.4 Å². The lowest BCUT2D eigenvalue weighted by molar-refractivity contribution is 0.0684. The molecule has 0 radical (unpaired) electrons. The molecule has 1 heterocycles. The fourth-order valence-corrected chi connectivity index (χ4v) is 3.73. The maximum Gasteiger partial charge on any atom is 0.358 e. The Labute approximate surface area is 119 Å². The normalized spacial score (nSPS) is 21.8. The topological polar surface area (TPSA) is 75.4 Å². The average molecular weight is 280 g/mol. The van der Waals surface area contributed by atoms with Crippen LogP contribution in [0.3, 0.4) is 0 Å². The van der Waals surface area contributed by atoms with Crippen molar-refractivity contribution >= 4 is 5.97 Å². The second kappa shape index (κ2) is 5.20. The second-order valence-corrected chi connectivity index (χ2v) is 7.47. The summed E-state index contributed by atoms with van der Waals surface area (Å²) in [7, 11) is 0. The molecule has 112 valence electrons. The molecule has 1 aliphatic carbocycles. The Hall–Kier alpha value is -1.36. The number of rotatable bonds is 4. The highest BCUT2D eigenvalue weighted by atomic mass is 16.5. The summed E-state index contributed by atoms with van der Waals surface area (Å²) in [5.74, 6) is -0.483. The molecular weight excluding hydrogens is 256 g/mol. The van der Waals surface area contributed by atoms with Gasteiger partial charge in [-0.25, -0.2) is 4.79 Å². The van der Waals surface area contributed by atoms with Crippen molar-refractivity contribution in [2.45, 2.75) is 59.5 Å². The van der Waals surface area contributed by atoms with Crippen LogP contribution in [0.1, 0.15) is 63.2 Å². The molecule has 5 heteroatoms. The molecular formula is C15H24N2O3. The van der Waals surface area contributed by atoms with Gasteiger partial charge in [-0.2, -0.15) is 0 Å². The molecule has 1 aliphatic rings. The molecule has 0 amide bonds. The highest BCUT2D eigenvalue weighted by Gasteiger charge is 2.38. The first-order valence-electron chi connectivity index (χ1n) is 7.09. The molecule has 0 bridgehead atoms. The molecule has 0 unspecified atom stereocenters. The summed E-state index contributed by atoms with van der Waals surface area (Å²) < 4.78 is 5.03. The highest BCUT2D eigenvalue weighted by molar-refractivity contribution is 5.85. The Morgan fingerprint density at radius 1 is 1.40 bits per heavy atom. The standard InChI is InChI=1S/C15H24N2O3/c1-14(2)6-10(7-15(3,4)9-14)16-8-11-5-12(13(18)19)17-20-11/h5,10,16H,6-9H2,1-4H3,(H,18,19). The van der Waals surface area contributed by atoms with Gasteiger partial charge in [0.05, 0.1) is 6.54 Å². The number of aromatic carboxylic acids is 1. The van der Waals surface area contributed by atoms with Crippen LogP contribution in [0.5, 0.6) is 0 Å². The third-order valence-electron chi connectivity index (χ3n) is 3.90. The van der Waals surface area contributed by atoms with Crippen LogP contribution < -0.4 is 5.32 Å². The Morgan fingerprint density at radius 3 is 2.50 bits per heavy atom. The molecule has 2 N–H and O–H groups in total. The minimum absolute atomic E-state index is 0.0360. The van der Waals surface area contributed by atoms with Crippen molar-refractivity contribution in [2.75, 3.05) is 0 Å². The highest BCUT2D eigenvalue weighted by Crippen LogP contribution is 2.45. The first kappa shape index (κ1) is 15.0. The van der Waals surface area contributed by atoms with Crippen molar-refractivity contribution in [3.05, 3.63) is 17.5 Å². The molecule has 0 saturated heterocycles. The number of hydrogen-bond donors (Lipinski definition) is 2. The van der Waals surface area contributed by atoms with Crippen LogP contribution in [0.15, 0.2) is 10.6 Å². The number of carboxylic acids is 1. The summed E-state index contributed by atoms with van der Waals surface area (Å²) in [6, 6.07) is 1.90. The SMILES string of the molecule is CC1(C)CC(NCc2cc(C(=O)O)no2)CC(C)(C)C1. The van der Waals surface area contributed by atoms with Gasteiger partial charge in [0.2, 0.25) is 0 Å². The van der Waals surface area contributed by atoms with Crippen LogP contribution in [0, 0.1) is 10.8 Å². The van der Waals surface area contributed by atoms with Gasteiger partial charge in [-0.15, -0.1) is 0 Å². The van der Waals surface area contributed by atoms with E-state index < -0.39 is 5.97 Å². The lowest BCUT2D eigenvalue weighted by Gasteiger charge is -2.45. The quantitative estimate of drug-likeness (QED) is 0.886. The maximum absolute atomic E-state index is 10.7. The maximum atomic E-state index is 10.7. The monoisotopic (exact) mass is 280 g/mol. The largest absolute Gasteiger partial charge is 0.476 e. The van der Waals surface area contributed by atoms with E-state index in [2.05, 4.69) is 38.2 Å². The van der Waals surface area contributed by atoms with Crippen LogP contribution in [0.2, 0.25) is 0 Å². The van der Waals surface area contributed by atoms with E-state index in [0.29, 0.717) is 29.2 Å². The molecule has 2 rings (SSSR count). The average Bonchev–Trinajstić information content (AvgIpc) is 2.70. The predicted molar refractivity (Wildman–Crippen MR) is 75.5 cm³/mol. The molecule has 1 fully saturated rings. The molecule has 0 aromatic carbocycles. The Balaban J connectivity index is 1.94. The second-order valence-electron chi connectivity index (χ2n) is 7.47. The van der Waals surface area contributed by atoms with Gasteiger partial charge in [0.15, 0.2) is 11.5 Å². The van der Waals surface area contributed by atoms with E-state index in [-0.39, 0.29) is 5.69 Å². The van der Waals surface area contributed by atoms with Crippen molar-refractivity contribution in [3.63, 3.8) is 0 Å². The van der Waals surface area contributed by atoms with E-state index in [1.807, 2.05) is 0 Å². The summed E-state index contributed by atoms with van der Waals surface area (Å²) in [6.45, 7) is 9.75. The first-order chi connectivity index (χ1) is 9.17. The van der Waals surface area contributed by atoms with Gasteiger partial charge in [-0.3, -0.25) is 0 Å². The van der Waals surface area contributed by atoms with Gasteiger partial charge in [0, 0.05) is 12.1 Å². The number of nitrogens with zero attached hydrogens (tertiary/aromatic N) is 1. The zero-order chi connectivity index (χ0) is 15.0. The molecule has 1 saturated carbocycles. The number of carboxylic acid groups (broad SMARTS) is 1. The smallest absolute Gasteiger partial charge is 0.358 e. The minimum atomic E-state index is -1.06. The van der Waals surface area contributed by atoms with Crippen LogP contribution in [-0.2, 0) is 6.54 Å². The lowest BCUT2D eigenvalue weighted by atomic mass is 9.63. The fourth-order valence-electron chi connectivity index (χ4n) is 3.73. The zero-order valence-corrected chi connectivity index (χ0v) is 12.7. The summed E-state index contributed by atoms with van der Waals surface area (Å²) in [5, 5.41) is 15.8. The van der Waals surface area contributed by atoms with Crippen LogP contribution in [0.4, 0.5) is 0 Å². The fraction of sp³-hybridized carbons (Fsp3) is 0.733. The van der Waals surface area contributed by atoms with Gasteiger partial charge >= 0.3 is 5.97 Å². The van der Waals surface area contributed by atoms with Crippen LogP contribution in [-0.4, -0.2) is 22.3 Å². The molecule has 20 heavy (non-hydrogen) atoms. The molecule has 0 atom stereocenters. The predicted octanol–water partition coefficient (Wildman–Crippen LogP) is 3.07. The number of nitrogens with one attached hydrogen (secondary N) is 1. The van der Waals surface area contributed by atoms with Crippen LogP contribution >= 0.6 is 0 Å². The van der Waals surface area contributed by atoms with Crippen LogP contribution in [0.25, 0.3) is 0 Å². The Kier molecular flexibility index (Phi) is 3.91. The van der Waals surface area contributed by atoms with E-state index in [1.165, 1.54) is 12.5 Å². The summed E-state index contributed by atoms with van der Waals surface area (Å²) in [6.07, 6.45) is 3.47. The first-order valence-corrected chi connectivity index (χ1v) is 7.09. The molecule has 5 nitrogen and oxygen atoms in total. The third kappa shape index (κ3) is 3.82. The van der Waals surface area contributed by atoms with Crippen molar-refractivity contribution in [1.29, 1.82) is 0 Å². The van der Waals surface area contributed by atoms with E-state index in [1.54, 1.807) is 0 Å². The minimum Gasteiger partial charge on any atom is -0.476 e. The number of hydrogen-bond acceptors (Lipinski definition) is 4. The van der Waals surface area contributed by atoms with Gasteiger partial charge in [0.25, 0.3) is 0 Å². The third-order valence-corrected chi connectivity index (χ3v) is 3.90. The van der Waals surface area contributed by atoms with E-state index in [9.17, 15) is 4.79 Å². The number of aromatic nitrogens is 1. The summed E-state index contributed by atoms with van der Waals surface area (Å²) >= 11 is 0. The number of carbonyl (C=O) groups is 1. The van der Waals surface area contributed by atoms with Crippen molar-refractivity contribution in [2.24, 2.45) is 10.8 Å².